The van der Waals surface area contributed by atoms with Crippen molar-refractivity contribution in [1.29, 1.82) is 0 Å². The van der Waals surface area contributed by atoms with Gasteiger partial charge >= 0.3 is 6.03 Å². The highest BCUT2D eigenvalue weighted by Crippen LogP contribution is 2.25. The fourth-order valence-corrected chi connectivity index (χ4v) is 3.87. The first kappa shape index (κ1) is 20.9. The van der Waals surface area contributed by atoms with Crippen LogP contribution in [0.2, 0.25) is 0 Å². The number of methoxy groups -OCH3 is 1. The van der Waals surface area contributed by atoms with Gasteiger partial charge in [-0.05, 0) is 68.1 Å². The molecule has 0 unspecified atom stereocenters. The Morgan fingerprint density at radius 2 is 1.72 bits per heavy atom. The molecule has 2 aromatic rings. The smallest absolute Gasteiger partial charge is 0.324 e. The van der Waals surface area contributed by atoms with Gasteiger partial charge in [0.1, 0.15) is 6.61 Å². The Bertz CT molecular complexity index is 870. The minimum absolute atomic E-state index is 0.0131. The molecule has 1 fully saturated rings. The standard InChI is InChI=1S/C23H29N3O3/c1-16-12-17(2)21(18(3)13-16)14-25-10-5-11-26(23(25)28)20-8-6-19(7-9-20)24-22(27)15-29-4/h6-9,12-13H,5,10-11,14-15H2,1-4H3,(H,24,27). The van der Waals surface area contributed by atoms with Crippen molar-refractivity contribution in [2.75, 3.05) is 37.0 Å². The molecule has 0 radical (unpaired) electrons. The number of carbonyl (C=O) groups excluding carboxylic acids is 2. The number of benzene rings is 2. The maximum atomic E-state index is 13.1. The second-order valence-electron chi connectivity index (χ2n) is 7.61. The zero-order valence-electron chi connectivity index (χ0n) is 17.6. The Labute approximate surface area is 172 Å². The Kier molecular flexibility index (Phi) is 6.54. The topological polar surface area (TPSA) is 61.9 Å². The van der Waals surface area contributed by atoms with Gasteiger partial charge in [0.15, 0.2) is 0 Å². The summed E-state index contributed by atoms with van der Waals surface area (Å²) in [6.07, 6.45) is 0.919. The van der Waals surface area contributed by atoms with Gasteiger partial charge in [0, 0.05) is 38.1 Å². The molecular weight excluding hydrogens is 366 g/mol. The minimum atomic E-state index is -0.204. The maximum Gasteiger partial charge on any atom is 0.324 e. The molecule has 1 heterocycles. The SMILES string of the molecule is COCC(=O)Nc1ccc(N2CCCN(Cc3c(C)cc(C)cc3C)C2=O)cc1. The van der Waals surface area contributed by atoms with Crippen LogP contribution < -0.4 is 10.2 Å². The molecule has 0 spiro atoms. The van der Waals surface area contributed by atoms with Gasteiger partial charge in [0.2, 0.25) is 5.91 Å². The number of aryl methyl sites for hydroxylation is 3. The largest absolute Gasteiger partial charge is 0.375 e. The third kappa shape index (κ3) is 4.95. The summed E-state index contributed by atoms with van der Waals surface area (Å²) in [4.78, 5) is 28.5. The second kappa shape index (κ2) is 9.09. The molecule has 6 nitrogen and oxygen atoms in total. The first-order valence-electron chi connectivity index (χ1n) is 9.91. The quantitative estimate of drug-likeness (QED) is 0.803. The summed E-state index contributed by atoms with van der Waals surface area (Å²) in [6, 6.07) is 11.7. The van der Waals surface area contributed by atoms with Crippen LogP contribution in [0.15, 0.2) is 36.4 Å². The van der Waals surface area contributed by atoms with Crippen LogP contribution in [0.4, 0.5) is 16.2 Å². The van der Waals surface area contributed by atoms with Crippen LogP contribution in [0, 0.1) is 20.8 Å². The van der Waals surface area contributed by atoms with Crippen molar-refractivity contribution in [3.8, 4) is 0 Å². The molecule has 154 valence electrons. The van der Waals surface area contributed by atoms with Crippen LogP contribution in [0.5, 0.6) is 0 Å². The molecule has 6 heteroatoms. The number of hydrogen-bond donors (Lipinski definition) is 1. The molecule has 1 saturated heterocycles. The van der Waals surface area contributed by atoms with Gasteiger partial charge in [-0.15, -0.1) is 0 Å². The van der Waals surface area contributed by atoms with Gasteiger partial charge < -0.3 is 15.0 Å². The zero-order valence-corrected chi connectivity index (χ0v) is 17.6. The molecule has 3 amide bonds. The van der Waals surface area contributed by atoms with E-state index in [1.807, 2.05) is 34.1 Å². The van der Waals surface area contributed by atoms with Crippen LogP contribution in [0.1, 0.15) is 28.7 Å². The molecule has 0 saturated carbocycles. The van der Waals surface area contributed by atoms with E-state index < -0.39 is 0 Å². The molecule has 0 aromatic heterocycles. The lowest BCUT2D eigenvalue weighted by atomic mass is 9.99. The van der Waals surface area contributed by atoms with Crippen LogP contribution >= 0.6 is 0 Å². The molecule has 1 aliphatic rings. The lowest BCUT2D eigenvalue weighted by Crippen LogP contribution is -2.49. The first-order valence-corrected chi connectivity index (χ1v) is 9.91. The van der Waals surface area contributed by atoms with E-state index in [0.29, 0.717) is 18.8 Å². The van der Waals surface area contributed by atoms with E-state index in [1.165, 1.54) is 29.4 Å². The van der Waals surface area contributed by atoms with Crippen LogP contribution in [0.3, 0.4) is 0 Å². The Morgan fingerprint density at radius 3 is 2.34 bits per heavy atom. The third-order valence-corrected chi connectivity index (χ3v) is 5.24. The number of nitrogens with zero attached hydrogens (tertiary/aromatic N) is 2. The Hall–Kier alpha value is -2.86. The highest BCUT2D eigenvalue weighted by molar-refractivity contribution is 5.94. The fraction of sp³-hybridized carbons (Fsp3) is 0.391. The number of rotatable bonds is 6. The van der Waals surface area contributed by atoms with E-state index in [9.17, 15) is 9.59 Å². The molecule has 29 heavy (non-hydrogen) atoms. The van der Waals surface area contributed by atoms with Crippen LogP contribution in [0.25, 0.3) is 0 Å². The number of amides is 3. The predicted octanol–water partition coefficient (Wildman–Crippen LogP) is 4.03. The van der Waals surface area contributed by atoms with Crippen LogP contribution in [-0.4, -0.2) is 43.6 Å². The number of nitrogens with one attached hydrogen (secondary N) is 1. The highest BCUT2D eigenvalue weighted by Gasteiger charge is 2.27. The minimum Gasteiger partial charge on any atom is -0.375 e. The van der Waals surface area contributed by atoms with Crippen molar-refractivity contribution in [2.45, 2.75) is 33.7 Å². The number of ether oxygens (including phenoxy) is 1. The van der Waals surface area contributed by atoms with E-state index in [-0.39, 0.29) is 18.5 Å². The average Bonchev–Trinajstić information content (AvgIpc) is 2.67. The van der Waals surface area contributed by atoms with Gasteiger partial charge in [-0.3, -0.25) is 9.69 Å². The monoisotopic (exact) mass is 395 g/mol. The van der Waals surface area contributed by atoms with Crippen molar-refractivity contribution in [2.24, 2.45) is 0 Å². The molecule has 1 N–H and O–H groups in total. The van der Waals surface area contributed by atoms with E-state index in [2.05, 4.69) is 38.2 Å². The van der Waals surface area contributed by atoms with E-state index >= 15 is 0 Å². The summed E-state index contributed by atoms with van der Waals surface area (Å²) < 4.78 is 4.82. The number of hydrogen-bond acceptors (Lipinski definition) is 3. The average molecular weight is 396 g/mol. The number of carbonyl (C=O) groups is 2. The summed E-state index contributed by atoms with van der Waals surface area (Å²) in [5, 5.41) is 2.76. The lowest BCUT2D eigenvalue weighted by Gasteiger charge is -2.36. The van der Waals surface area contributed by atoms with Gasteiger partial charge in [-0.1, -0.05) is 17.7 Å². The van der Waals surface area contributed by atoms with Gasteiger partial charge in [-0.2, -0.15) is 0 Å². The normalized spacial score (nSPS) is 14.3. The summed E-state index contributed by atoms with van der Waals surface area (Å²) in [5.74, 6) is -0.204. The second-order valence-corrected chi connectivity index (χ2v) is 7.61. The molecule has 0 aliphatic carbocycles. The molecule has 3 rings (SSSR count). The highest BCUT2D eigenvalue weighted by atomic mass is 16.5. The molecule has 2 aromatic carbocycles. The molecule has 1 aliphatic heterocycles. The van der Waals surface area contributed by atoms with E-state index in [4.69, 9.17) is 4.74 Å². The van der Waals surface area contributed by atoms with Crippen molar-refractivity contribution in [3.63, 3.8) is 0 Å². The van der Waals surface area contributed by atoms with Crippen molar-refractivity contribution in [1.82, 2.24) is 4.90 Å². The third-order valence-electron chi connectivity index (χ3n) is 5.24. The molecular formula is C23H29N3O3. The number of urea groups is 1. The van der Waals surface area contributed by atoms with E-state index in [0.717, 1.165) is 18.7 Å². The van der Waals surface area contributed by atoms with Crippen LogP contribution in [-0.2, 0) is 16.1 Å². The van der Waals surface area contributed by atoms with Crippen molar-refractivity contribution in [3.05, 3.63) is 58.7 Å². The molecule has 0 atom stereocenters. The Balaban J connectivity index is 1.72. The zero-order chi connectivity index (χ0) is 21.0. The summed E-state index contributed by atoms with van der Waals surface area (Å²) in [7, 11) is 1.48. The fourth-order valence-electron chi connectivity index (χ4n) is 3.87. The van der Waals surface area contributed by atoms with Gasteiger partial charge in [-0.25, -0.2) is 4.79 Å². The van der Waals surface area contributed by atoms with E-state index in [1.54, 1.807) is 0 Å². The lowest BCUT2D eigenvalue weighted by molar-refractivity contribution is -0.119. The summed E-state index contributed by atoms with van der Waals surface area (Å²) in [6.45, 7) is 8.40. The van der Waals surface area contributed by atoms with Crippen molar-refractivity contribution < 1.29 is 14.3 Å². The van der Waals surface area contributed by atoms with Crippen molar-refractivity contribution >= 4 is 23.3 Å². The number of anilines is 2. The van der Waals surface area contributed by atoms with Gasteiger partial charge in [0.05, 0.1) is 0 Å². The summed E-state index contributed by atoms with van der Waals surface area (Å²) >= 11 is 0. The predicted molar refractivity (Wildman–Crippen MR) is 115 cm³/mol. The van der Waals surface area contributed by atoms with Gasteiger partial charge in [0.25, 0.3) is 0 Å². The molecule has 0 bridgehead atoms. The summed E-state index contributed by atoms with van der Waals surface area (Å²) in [5.41, 5.74) is 6.44. The first-order chi connectivity index (χ1) is 13.9. The Morgan fingerprint density at radius 1 is 1.07 bits per heavy atom. The maximum absolute atomic E-state index is 13.1.